The van der Waals surface area contributed by atoms with Gasteiger partial charge >= 0.3 is 0 Å². The lowest BCUT2D eigenvalue weighted by Crippen LogP contribution is -2.45. The van der Waals surface area contributed by atoms with Gasteiger partial charge in [-0.1, -0.05) is 12.1 Å². The van der Waals surface area contributed by atoms with Gasteiger partial charge < -0.3 is 29.9 Å². The highest BCUT2D eigenvalue weighted by Crippen LogP contribution is 2.18. The van der Waals surface area contributed by atoms with Crippen LogP contribution in [0.5, 0.6) is 5.75 Å². The zero-order valence-corrected chi connectivity index (χ0v) is 17.3. The number of hydrogen-bond acceptors (Lipinski definition) is 7. The van der Waals surface area contributed by atoms with Crippen molar-refractivity contribution in [3.05, 3.63) is 29.8 Å². The Labute approximate surface area is 176 Å². The molecular formula is C21H31N3O6. The van der Waals surface area contributed by atoms with E-state index in [9.17, 15) is 19.8 Å². The molecule has 1 aromatic rings. The first-order valence-electron chi connectivity index (χ1n) is 10.3. The van der Waals surface area contributed by atoms with E-state index in [1.54, 1.807) is 4.90 Å². The molecule has 0 bridgehead atoms. The van der Waals surface area contributed by atoms with Gasteiger partial charge in [0.05, 0.1) is 31.5 Å². The summed E-state index contributed by atoms with van der Waals surface area (Å²) < 4.78 is 10.8. The van der Waals surface area contributed by atoms with E-state index in [-0.39, 0.29) is 18.4 Å². The van der Waals surface area contributed by atoms with Crippen molar-refractivity contribution in [3.63, 3.8) is 0 Å². The number of nitrogens with zero attached hydrogens (tertiary/aromatic N) is 2. The number of carbonyl (C=O) groups excluding carboxylic acids is 2. The lowest BCUT2D eigenvalue weighted by atomic mass is 10.1. The predicted octanol–water partition coefficient (Wildman–Crippen LogP) is -0.644. The highest BCUT2D eigenvalue weighted by Gasteiger charge is 2.30. The van der Waals surface area contributed by atoms with E-state index in [2.05, 4.69) is 5.32 Å². The van der Waals surface area contributed by atoms with Crippen LogP contribution < -0.4 is 10.1 Å². The average Bonchev–Trinajstić information content (AvgIpc) is 2.85. The number of rotatable bonds is 6. The number of likely N-dealkylation sites (tertiary alicyclic amines) is 1. The Bertz CT molecular complexity index is 707. The van der Waals surface area contributed by atoms with Crippen LogP contribution in [0.25, 0.3) is 0 Å². The smallest absolute Gasteiger partial charge is 0.260 e. The van der Waals surface area contributed by atoms with Gasteiger partial charge in [0.25, 0.3) is 5.91 Å². The van der Waals surface area contributed by atoms with Gasteiger partial charge in [-0.2, -0.15) is 0 Å². The molecule has 9 heteroatoms. The molecule has 166 valence electrons. The number of nitrogens with one attached hydrogen (secondary N) is 1. The van der Waals surface area contributed by atoms with Crippen LogP contribution in [0.15, 0.2) is 24.3 Å². The van der Waals surface area contributed by atoms with Crippen molar-refractivity contribution in [2.24, 2.45) is 0 Å². The third-order valence-electron chi connectivity index (χ3n) is 5.35. The molecule has 0 radical (unpaired) electrons. The molecule has 30 heavy (non-hydrogen) atoms. The standard InChI is InChI=1S/C21H31N3O6/c1-15(25)22-19-10-17(26)12-23(13-20(19)27)11-16-2-4-18(5-3-16)30-14-21(28)24-6-8-29-9-7-24/h2-5,17,19-20,26-27H,6-14H2,1H3,(H,22,25)/t17-,19-,20-/m1/s1. The van der Waals surface area contributed by atoms with Crippen molar-refractivity contribution in [1.82, 2.24) is 15.1 Å². The van der Waals surface area contributed by atoms with E-state index < -0.39 is 18.2 Å². The molecule has 3 rings (SSSR count). The summed E-state index contributed by atoms with van der Waals surface area (Å²) >= 11 is 0. The van der Waals surface area contributed by atoms with Crippen LogP contribution in [-0.2, 0) is 20.9 Å². The summed E-state index contributed by atoms with van der Waals surface area (Å²) in [7, 11) is 0. The number of β-amino-alcohol motifs (C(OH)–C–C–N with tert-alkyl or cyclic N) is 2. The molecule has 2 aliphatic heterocycles. The quantitative estimate of drug-likeness (QED) is 0.560. The Morgan fingerprint density at radius 2 is 1.87 bits per heavy atom. The maximum absolute atomic E-state index is 12.2. The summed E-state index contributed by atoms with van der Waals surface area (Å²) in [6, 6.07) is 6.98. The zero-order chi connectivity index (χ0) is 21.5. The number of carbonyl (C=O) groups is 2. The lowest BCUT2D eigenvalue weighted by molar-refractivity contribution is -0.137. The molecule has 1 aromatic carbocycles. The van der Waals surface area contributed by atoms with Crippen LogP contribution >= 0.6 is 0 Å². The van der Waals surface area contributed by atoms with E-state index in [4.69, 9.17) is 9.47 Å². The van der Waals surface area contributed by atoms with E-state index in [0.717, 1.165) is 5.56 Å². The van der Waals surface area contributed by atoms with Gasteiger partial charge in [-0.05, 0) is 24.1 Å². The van der Waals surface area contributed by atoms with E-state index in [0.29, 0.717) is 58.1 Å². The molecule has 0 aliphatic carbocycles. The lowest BCUT2D eigenvalue weighted by Gasteiger charge is -2.26. The van der Waals surface area contributed by atoms with Gasteiger partial charge in [-0.3, -0.25) is 14.5 Å². The summed E-state index contributed by atoms with van der Waals surface area (Å²) in [5.74, 6) is 0.341. The van der Waals surface area contributed by atoms with Gasteiger partial charge in [0.1, 0.15) is 5.75 Å². The molecule has 2 saturated heterocycles. The maximum atomic E-state index is 12.2. The van der Waals surface area contributed by atoms with Crippen molar-refractivity contribution in [2.45, 2.75) is 38.1 Å². The van der Waals surface area contributed by atoms with E-state index >= 15 is 0 Å². The van der Waals surface area contributed by atoms with Crippen LogP contribution in [0.2, 0.25) is 0 Å². The number of aliphatic hydroxyl groups is 2. The number of aliphatic hydroxyl groups excluding tert-OH is 2. The van der Waals surface area contributed by atoms with Gasteiger partial charge in [-0.25, -0.2) is 0 Å². The molecule has 2 amide bonds. The third kappa shape index (κ3) is 6.66. The fraction of sp³-hybridized carbons (Fsp3) is 0.619. The topological polar surface area (TPSA) is 112 Å². The summed E-state index contributed by atoms with van der Waals surface area (Å²) in [6.45, 7) is 5.03. The molecule has 0 spiro atoms. The molecule has 2 aliphatic rings. The molecule has 0 aromatic heterocycles. The first kappa shape index (κ1) is 22.5. The molecule has 2 heterocycles. The molecule has 3 atom stereocenters. The van der Waals surface area contributed by atoms with Gasteiger partial charge in [0.2, 0.25) is 5.91 Å². The first-order chi connectivity index (χ1) is 14.4. The Morgan fingerprint density at radius 1 is 1.17 bits per heavy atom. The maximum Gasteiger partial charge on any atom is 0.260 e. The van der Waals surface area contributed by atoms with Crippen LogP contribution in [0, 0.1) is 0 Å². The van der Waals surface area contributed by atoms with Crippen LogP contribution in [0.3, 0.4) is 0 Å². The highest BCUT2D eigenvalue weighted by molar-refractivity contribution is 5.77. The zero-order valence-electron chi connectivity index (χ0n) is 17.3. The fourth-order valence-electron chi connectivity index (χ4n) is 3.83. The minimum absolute atomic E-state index is 0.00556. The summed E-state index contributed by atoms with van der Waals surface area (Å²) in [4.78, 5) is 27.2. The van der Waals surface area contributed by atoms with Crippen molar-refractivity contribution in [2.75, 3.05) is 46.0 Å². The molecular weight excluding hydrogens is 390 g/mol. The molecule has 3 N–H and O–H groups in total. The normalized spacial score (nSPS) is 25.4. The van der Waals surface area contributed by atoms with E-state index in [1.807, 2.05) is 29.2 Å². The van der Waals surface area contributed by atoms with Crippen LogP contribution in [-0.4, -0.2) is 96.1 Å². The van der Waals surface area contributed by atoms with Crippen molar-refractivity contribution < 1.29 is 29.3 Å². The van der Waals surface area contributed by atoms with E-state index in [1.165, 1.54) is 6.92 Å². The Balaban J connectivity index is 1.49. The minimum Gasteiger partial charge on any atom is -0.484 e. The third-order valence-corrected chi connectivity index (χ3v) is 5.35. The van der Waals surface area contributed by atoms with Gasteiger partial charge in [0.15, 0.2) is 6.61 Å². The number of ether oxygens (including phenoxy) is 2. The number of hydrogen-bond donors (Lipinski definition) is 3. The largest absolute Gasteiger partial charge is 0.484 e. The van der Waals surface area contributed by atoms with Gasteiger partial charge in [0, 0.05) is 39.6 Å². The molecule has 9 nitrogen and oxygen atoms in total. The Hall–Kier alpha value is -2.20. The van der Waals surface area contributed by atoms with Crippen molar-refractivity contribution in [1.29, 1.82) is 0 Å². The monoisotopic (exact) mass is 421 g/mol. The highest BCUT2D eigenvalue weighted by atomic mass is 16.5. The first-order valence-corrected chi connectivity index (χ1v) is 10.3. The molecule has 0 saturated carbocycles. The summed E-state index contributed by atoms with van der Waals surface area (Å²) in [5, 5.41) is 23.4. The second-order valence-corrected chi connectivity index (χ2v) is 7.88. The second kappa shape index (κ2) is 10.7. The predicted molar refractivity (Wildman–Crippen MR) is 109 cm³/mol. The Kier molecular flexibility index (Phi) is 8.03. The molecule has 2 fully saturated rings. The number of benzene rings is 1. The number of amides is 2. The van der Waals surface area contributed by atoms with Crippen LogP contribution in [0.1, 0.15) is 18.9 Å². The van der Waals surface area contributed by atoms with Gasteiger partial charge in [-0.15, -0.1) is 0 Å². The Morgan fingerprint density at radius 3 is 2.53 bits per heavy atom. The summed E-state index contributed by atoms with van der Waals surface area (Å²) in [5.41, 5.74) is 0.999. The molecule has 0 unspecified atom stereocenters. The average molecular weight is 421 g/mol. The van der Waals surface area contributed by atoms with Crippen molar-refractivity contribution >= 4 is 11.8 Å². The van der Waals surface area contributed by atoms with Crippen molar-refractivity contribution in [3.8, 4) is 5.75 Å². The summed E-state index contributed by atoms with van der Waals surface area (Å²) in [6.07, 6.45) is -1.06. The van der Waals surface area contributed by atoms with Crippen LogP contribution in [0.4, 0.5) is 0 Å². The second-order valence-electron chi connectivity index (χ2n) is 7.88. The SMILES string of the molecule is CC(=O)N[C@@H]1C[C@@H](O)CN(Cc2ccc(OCC(=O)N3CCOCC3)cc2)C[C@H]1O. The fourth-order valence-corrected chi connectivity index (χ4v) is 3.83. The number of morpholine rings is 1. The minimum atomic E-state index is -0.750.